The summed E-state index contributed by atoms with van der Waals surface area (Å²) in [6.07, 6.45) is 1.60. The highest BCUT2D eigenvalue weighted by Crippen LogP contribution is 2.22. The summed E-state index contributed by atoms with van der Waals surface area (Å²) in [5.41, 5.74) is 1.69. The first kappa shape index (κ1) is 12.9. The maximum atomic E-state index is 4.40. The Morgan fingerprint density at radius 1 is 1.14 bits per heavy atom. The van der Waals surface area contributed by atoms with Gasteiger partial charge in [-0.05, 0) is 31.2 Å². The summed E-state index contributed by atoms with van der Waals surface area (Å²) in [5, 5.41) is 23.8. The predicted molar refractivity (Wildman–Crippen MR) is 81.7 cm³/mol. The van der Waals surface area contributed by atoms with Crippen molar-refractivity contribution in [3.8, 4) is 0 Å². The van der Waals surface area contributed by atoms with E-state index >= 15 is 0 Å². The molecule has 1 aliphatic rings. The van der Waals surface area contributed by atoms with Crippen LogP contribution in [0.2, 0.25) is 0 Å². The normalized spacial score (nSPS) is 15.0. The summed E-state index contributed by atoms with van der Waals surface area (Å²) in [6.45, 7) is 4.80. The van der Waals surface area contributed by atoms with E-state index < -0.39 is 0 Å². The van der Waals surface area contributed by atoms with Crippen molar-refractivity contribution in [1.29, 1.82) is 0 Å². The van der Waals surface area contributed by atoms with Gasteiger partial charge in [-0.25, -0.2) is 0 Å². The molecule has 0 radical (unpaired) electrons. The number of nitrogens with zero attached hydrogens (tertiary/aromatic N) is 7. The number of rotatable bonds is 4. The zero-order valence-corrected chi connectivity index (χ0v) is 12.2. The Hall–Kier alpha value is -2.77. The fourth-order valence-electron chi connectivity index (χ4n) is 2.52. The van der Waals surface area contributed by atoms with Gasteiger partial charge in [0, 0.05) is 25.6 Å². The van der Waals surface area contributed by atoms with Gasteiger partial charge >= 0.3 is 0 Å². The van der Waals surface area contributed by atoms with Crippen molar-refractivity contribution in [1.82, 2.24) is 30.0 Å². The van der Waals surface area contributed by atoms with Crippen LogP contribution in [0.4, 0.5) is 11.6 Å². The Morgan fingerprint density at radius 3 is 2.86 bits per heavy atom. The first-order valence-electron chi connectivity index (χ1n) is 7.24. The summed E-state index contributed by atoms with van der Waals surface area (Å²) in [5.74, 6) is 2.37. The standard InChI is InChI=1S/C14H16N8/c1-10-2-4-13(19-17-10)21-7-11(8-21)6-15-12-3-5-14-18-16-9-22(14)20-12/h2-5,9,11H,6-8H2,1H3,(H,15,20). The molecule has 1 aliphatic heterocycles. The maximum Gasteiger partial charge on any atom is 0.177 e. The molecule has 112 valence electrons. The monoisotopic (exact) mass is 296 g/mol. The molecule has 0 atom stereocenters. The van der Waals surface area contributed by atoms with E-state index in [0.29, 0.717) is 5.92 Å². The fourth-order valence-corrected chi connectivity index (χ4v) is 2.52. The predicted octanol–water partition coefficient (Wildman–Crippen LogP) is 0.771. The van der Waals surface area contributed by atoms with E-state index in [1.165, 1.54) is 0 Å². The lowest BCUT2D eigenvalue weighted by Crippen LogP contribution is -2.50. The minimum Gasteiger partial charge on any atom is -0.368 e. The van der Waals surface area contributed by atoms with Gasteiger partial charge in [-0.1, -0.05) is 0 Å². The Kier molecular flexibility index (Phi) is 3.06. The highest BCUT2D eigenvalue weighted by atomic mass is 15.4. The number of hydrogen-bond acceptors (Lipinski definition) is 7. The molecule has 4 rings (SSSR count). The first-order chi connectivity index (χ1) is 10.8. The van der Waals surface area contributed by atoms with E-state index in [4.69, 9.17) is 0 Å². The number of aryl methyl sites for hydroxylation is 1. The second-order valence-electron chi connectivity index (χ2n) is 5.54. The molecule has 3 aromatic rings. The Balaban J connectivity index is 1.31. The van der Waals surface area contributed by atoms with E-state index in [9.17, 15) is 0 Å². The van der Waals surface area contributed by atoms with Crippen LogP contribution in [-0.2, 0) is 0 Å². The van der Waals surface area contributed by atoms with E-state index in [1.54, 1.807) is 10.8 Å². The largest absolute Gasteiger partial charge is 0.368 e. The van der Waals surface area contributed by atoms with Gasteiger partial charge < -0.3 is 10.2 Å². The van der Waals surface area contributed by atoms with E-state index in [0.717, 1.165) is 42.6 Å². The molecule has 0 amide bonds. The van der Waals surface area contributed by atoms with Crippen LogP contribution >= 0.6 is 0 Å². The number of aromatic nitrogens is 6. The van der Waals surface area contributed by atoms with Gasteiger partial charge in [0.2, 0.25) is 0 Å². The highest BCUT2D eigenvalue weighted by Gasteiger charge is 2.27. The summed E-state index contributed by atoms with van der Waals surface area (Å²) in [4.78, 5) is 2.23. The molecule has 8 nitrogen and oxygen atoms in total. The second-order valence-corrected chi connectivity index (χ2v) is 5.54. The molecule has 0 spiro atoms. The lowest BCUT2D eigenvalue weighted by atomic mass is 10.0. The smallest absolute Gasteiger partial charge is 0.177 e. The molecular formula is C14H16N8. The van der Waals surface area contributed by atoms with Crippen LogP contribution < -0.4 is 10.2 Å². The maximum absolute atomic E-state index is 4.40. The molecule has 8 heteroatoms. The van der Waals surface area contributed by atoms with E-state index in [2.05, 4.69) is 35.7 Å². The van der Waals surface area contributed by atoms with Crippen molar-refractivity contribution in [2.24, 2.45) is 5.92 Å². The molecule has 4 heterocycles. The molecule has 1 fully saturated rings. The van der Waals surface area contributed by atoms with Gasteiger partial charge in [0.1, 0.15) is 12.1 Å². The molecule has 3 aromatic heterocycles. The number of nitrogens with one attached hydrogen (secondary N) is 1. The van der Waals surface area contributed by atoms with Crippen molar-refractivity contribution < 1.29 is 0 Å². The second kappa shape index (κ2) is 5.21. The molecule has 0 saturated carbocycles. The number of anilines is 2. The first-order valence-corrected chi connectivity index (χ1v) is 7.24. The van der Waals surface area contributed by atoms with Gasteiger partial charge in [-0.3, -0.25) is 0 Å². The average molecular weight is 296 g/mol. The SMILES string of the molecule is Cc1ccc(N2CC(CNc3ccc4nncn4n3)C2)nn1. The zero-order valence-electron chi connectivity index (χ0n) is 12.2. The van der Waals surface area contributed by atoms with Crippen LogP contribution in [0.3, 0.4) is 0 Å². The van der Waals surface area contributed by atoms with Gasteiger partial charge in [0.05, 0.1) is 5.69 Å². The molecule has 0 bridgehead atoms. The fraction of sp³-hybridized carbons (Fsp3) is 0.357. The Morgan fingerprint density at radius 2 is 2.05 bits per heavy atom. The molecule has 1 N–H and O–H groups in total. The Labute approximate surface area is 127 Å². The van der Waals surface area contributed by atoms with Crippen molar-refractivity contribution in [2.75, 3.05) is 29.9 Å². The topological polar surface area (TPSA) is 84.1 Å². The van der Waals surface area contributed by atoms with Crippen molar-refractivity contribution in [2.45, 2.75) is 6.92 Å². The number of fused-ring (bicyclic) bond motifs is 1. The third kappa shape index (κ3) is 2.43. The Bertz CT molecular complexity index is 775. The van der Waals surface area contributed by atoms with E-state index in [-0.39, 0.29) is 0 Å². The van der Waals surface area contributed by atoms with Gasteiger partial charge in [-0.2, -0.15) is 9.61 Å². The van der Waals surface area contributed by atoms with Crippen molar-refractivity contribution in [3.05, 3.63) is 36.3 Å². The summed E-state index contributed by atoms with van der Waals surface area (Å²) >= 11 is 0. The van der Waals surface area contributed by atoms with Gasteiger partial charge in [0.25, 0.3) is 0 Å². The van der Waals surface area contributed by atoms with Gasteiger partial charge in [0.15, 0.2) is 11.5 Å². The summed E-state index contributed by atoms with van der Waals surface area (Å²) in [7, 11) is 0. The molecule has 0 unspecified atom stereocenters. The quantitative estimate of drug-likeness (QED) is 0.761. The average Bonchev–Trinajstić information content (AvgIpc) is 2.95. The van der Waals surface area contributed by atoms with Crippen molar-refractivity contribution in [3.63, 3.8) is 0 Å². The minimum absolute atomic E-state index is 0.585. The third-order valence-electron chi connectivity index (χ3n) is 3.80. The number of hydrogen-bond donors (Lipinski definition) is 1. The molecule has 22 heavy (non-hydrogen) atoms. The van der Waals surface area contributed by atoms with Crippen LogP contribution in [-0.4, -0.2) is 49.6 Å². The van der Waals surface area contributed by atoms with E-state index in [1.807, 2.05) is 31.2 Å². The van der Waals surface area contributed by atoms with Gasteiger partial charge in [-0.15, -0.1) is 20.4 Å². The van der Waals surface area contributed by atoms with Crippen molar-refractivity contribution >= 4 is 17.3 Å². The lowest BCUT2D eigenvalue weighted by Gasteiger charge is -2.40. The molecule has 0 aromatic carbocycles. The molecular weight excluding hydrogens is 280 g/mol. The summed E-state index contributed by atoms with van der Waals surface area (Å²) in [6, 6.07) is 7.84. The van der Waals surface area contributed by atoms with Crippen LogP contribution in [0, 0.1) is 12.8 Å². The van der Waals surface area contributed by atoms with Crippen LogP contribution in [0.15, 0.2) is 30.6 Å². The lowest BCUT2D eigenvalue weighted by molar-refractivity contribution is 0.425. The highest BCUT2D eigenvalue weighted by molar-refractivity contribution is 5.44. The van der Waals surface area contributed by atoms with Crippen LogP contribution in [0.1, 0.15) is 5.69 Å². The zero-order chi connectivity index (χ0) is 14.9. The summed E-state index contributed by atoms with van der Waals surface area (Å²) < 4.78 is 1.66. The molecule has 0 aliphatic carbocycles. The molecule has 1 saturated heterocycles. The van der Waals surface area contributed by atoms with Crippen LogP contribution in [0.5, 0.6) is 0 Å². The minimum atomic E-state index is 0.585. The van der Waals surface area contributed by atoms with Crippen LogP contribution in [0.25, 0.3) is 5.65 Å². The third-order valence-corrected chi connectivity index (χ3v) is 3.80.